The first kappa shape index (κ1) is 21.1. The van der Waals surface area contributed by atoms with Gasteiger partial charge in [-0.3, -0.25) is 14.9 Å². The number of esters is 1. The quantitative estimate of drug-likeness (QED) is 0.401. The third kappa shape index (κ3) is 5.05. The van der Waals surface area contributed by atoms with Crippen LogP contribution in [0.3, 0.4) is 0 Å². The van der Waals surface area contributed by atoms with E-state index in [1.807, 2.05) is 11.8 Å². The van der Waals surface area contributed by atoms with Crippen molar-refractivity contribution in [3.05, 3.63) is 58.1 Å². The van der Waals surface area contributed by atoms with E-state index in [1.165, 1.54) is 12.1 Å². The molecule has 0 atom stereocenters. The lowest BCUT2D eigenvalue weighted by Gasteiger charge is -2.17. The smallest absolute Gasteiger partial charge is 0.338 e. The van der Waals surface area contributed by atoms with E-state index < -0.39 is 23.4 Å². The third-order valence-electron chi connectivity index (χ3n) is 4.65. The van der Waals surface area contributed by atoms with E-state index in [0.717, 1.165) is 25.9 Å². The van der Waals surface area contributed by atoms with Crippen molar-refractivity contribution in [2.24, 2.45) is 0 Å². The van der Waals surface area contributed by atoms with Gasteiger partial charge in [0.05, 0.1) is 22.8 Å². The van der Waals surface area contributed by atoms with Gasteiger partial charge in [0.25, 0.3) is 11.6 Å². The second-order valence-electron chi connectivity index (χ2n) is 6.71. The van der Waals surface area contributed by atoms with E-state index in [9.17, 15) is 19.7 Å². The fraction of sp³-hybridized carbons (Fsp3) is 0.333. The van der Waals surface area contributed by atoms with Gasteiger partial charge in [-0.25, -0.2) is 4.79 Å². The molecule has 0 spiro atoms. The summed E-state index contributed by atoms with van der Waals surface area (Å²) < 4.78 is 10.5. The number of nitrogens with one attached hydrogen (secondary N) is 1. The Bertz CT molecular complexity index is 940. The van der Waals surface area contributed by atoms with Crippen LogP contribution < -0.4 is 15.0 Å². The molecule has 158 valence electrons. The lowest BCUT2D eigenvalue weighted by Crippen LogP contribution is -2.22. The van der Waals surface area contributed by atoms with Crippen molar-refractivity contribution in [3.8, 4) is 5.75 Å². The SMILES string of the molecule is CCOc1ccccc1NC(=O)COC(=O)c1ccc(N2CCCC2)c([N+](=O)[O-])c1. The van der Waals surface area contributed by atoms with E-state index in [4.69, 9.17) is 9.47 Å². The summed E-state index contributed by atoms with van der Waals surface area (Å²) in [5, 5.41) is 14.1. The predicted octanol–water partition coefficient (Wildman–Crippen LogP) is 3.39. The molecule has 0 aromatic heterocycles. The van der Waals surface area contributed by atoms with E-state index in [0.29, 0.717) is 23.7 Å². The van der Waals surface area contributed by atoms with Gasteiger partial charge in [0.2, 0.25) is 0 Å². The highest BCUT2D eigenvalue weighted by atomic mass is 16.6. The summed E-state index contributed by atoms with van der Waals surface area (Å²) in [6.07, 6.45) is 1.95. The van der Waals surface area contributed by atoms with Crippen molar-refractivity contribution in [2.75, 3.05) is 36.5 Å². The average Bonchev–Trinajstić information content (AvgIpc) is 3.28. The van der Waals surface area contributed by atoms with Crippen LogP contribution in [0, 0.1) is 10.1 Å². The molecule has 0 aliphatic carbocycles. The molecule has 2 aromatic carbocycles. The molecule has 1 amide bonds. The van der Waals surface area contributed by atoms with Crippen molar-refractivity contribution >= 4 is 28.9 Å². The minimum absolute atomic E-state index is 0.0205. The number of para-hydroxylation sites is 2. The summed E-state index contributed by atoms with van der Waals surface area (Å²) in [5.41, 5.74) is 0.818. The van der Waals surface area contributed by atoms with Gasteiger partial charge in [-0.1, -0.05) is 12.1 Å². The molecular formula is C21H23N3O6. The Balaban J connectivity index is 1.64. The lowest BCUT2D eigenvalue weighted by atomic mass is 10.1. The van der Waals surface area contributed by atoms with Gasteiger partial charge >= 0.3 is 5.97 Å². The first-order chi connectivity index (χ1) is 14.5. The maximum absolute atomic E-state index is 12.3. The van der Waals surface area contributed by atoms with Crippen LogP contribution in [-0.2, 0) is 9.53 Å². The number of hydrogen-bond acceptors (Lipinski definition) is 7. The highest BCUT2D eigenvalue weighted by molar-refractivity contribution is 5.97. The number of hydrogen-bond donors (Lipinski definition) is 1. The van der Waals surface area contributed by atoms with Gasteiger partial charge in [-0.05, 0) is 44.0 Å². The maximum atomic E-state index is 12.3. The second-order valence-corrected chi connectivity index (χ2v) is 6.71. The van der Waals surface area contributed by atoms with Crippen LogP contribution in [0.1, 0.15) is 30.1 Å². The average molecular weight is 413 g/mol. The molecule has 3 rings (SSSR count). The Morgan fingerprint density at radius 2 is 1.90 bits per heavy atom. The minimum atomic E-state index is -0.806. The Kier molecular flexibility index (Phi) is 6.84. The fourth-order valence-electron chi connectivity index (χ4n) is 3.27. The number of carbonyl (C=O) groups is 2. The Hall–Kier alpha value is -3.62. The Labute approximate surface area is 173 Å². The molecule has 2 aromatic rings. The Morgan fingerprint density at radius 3 is 2.60 bits per heavy atom. The van der Waals surface area contributed by atoms with E-state index in [-0.39, 0.29) is 11.3 Å². The second kappa shape index (κ2) is 9.73. The first-order valence-electron chi connectivity index (χ1n) is 9.71. The summed E-state index contributed by atoms with van der Waals surface area (Å²) in [4.78, 5) is 37.3. The molecular weight excluding hydrogens is 390 g/mol. The number of carbonyl (C=O) groups excluding carboxylic acids is 2. The van der Waals surface area contributed by atoms with Crippen LogP contribution in [0.15, 0.2) is 42.5 Å². The third-order valence-corrected chi connectivity index (χ3v) is 4.65. The highest BCUT2D eigenvalue weighted by Crippen LogP contribution is 2.32. The van der Waals surface area contributed by atoms with E-state index in [1.54, 1.807) is 30.3 Å². The highest BCUT2D eigenvalue weighted by Gasteiger charge is 2.24. The zero-order chi connectivity index (χ0) is 21.5. The topological polar surface area (TPSA) is 111 Å². The number of ether oxygens (including phenoxy) is 2. The van der Waals surface area contributed by atoms with Crippen molar-refractivity contribution in [1.29, 1.82) is 0 Å². The molecule has 0 unspecified atom stereocenters. The van der Waals surface area contributed by atoms with Gasteiger partial charge in [-0.15, -0.1) is 0 Å². The fourth-order valence-corrected chi connectivity index (χ4v) is 3.27. The number of benzene rings is 2. The molecule has 0 radical (unpaired) electrons. The number of amides is 1. The van der Waals surface area contributed by atoms with Crippen LogP contribution in [0.2, 0.25) is 0 Å². The van der Waals surface area contributed by atoms with Crippen molar-refractivity contribution < 1.29 is 24.0 Å². The van der Waals surface area contributed by atoms with Crippen molar-refractivity contribution in [2.45, 2.75) is 19.8 Å². The van der Waals surface area contributed by atoms with Gasteiger partial charge < -0.3 is 19.7 Å². The molecule has 1 saturated heterocycles. The van der Waals surface area contributed by atoms with E-state index in [2.05, 4.69) is 5.32 Å². The van der Waals surface area contributed by atoms with Gasteiger partial charge in [-0.2, -0.15) is 0 Å². The molecule has 1 fully saturated rings. The molecule has 1 aliphatic heterocycles. The summed E-state index contributed by atoms with van der Waals surface area (Å²) in [5.74, 6) is -0.842. The van der Waals surface area contributed by atoms with E-state index >= 15 is 0 Å². The summed E-state index contributed by atoms with van der Waals surface area (Å²) in [7, 11) is 0. The van der Waals surface area contributed by atoms with Gasteiger partial charge in [0, 0.05) is 19.2 Å². The van der Waals surface area contributed by atoms with Crippen LogP contribution in [0.4, 0.5) is 17.1 Å². The number of nitro groups is 1. The molecule has 9 nitrogen and oxygen atoms in total. The number of nitrogens with zero attached hydrogens (tertiary/aromatic N) is 2. The summed E-state index contributed by atoms with van der Waals surface area (Å²) in [6.45, 7) is 3.23. The van der Waals surface area contributed by atoms with Gasteiger partial charge in [0.1, 0.15) is 11.4 Å². The molecule has 0 bridgehead atoms. The summed E-state index contributed by atoms with van der Waals surface area (Å²) >= 11 is 0. The lowest BCUT2D eigenvalue weighted by molar-refractivity contribution is -0.384. The van der Waals surface area contributed by atoms with Crippen LogP contribution >= 0.6 is 0 Å². The molecule has 1 heterocycles. The maximum Gasteiger partial charge on any atom is 0.338 e. The molecule has 0 saturated carbocycles. The van der Waals surface area contributed by atoms with Crippen LogP contribution in [0.25, 0.3) is 0 Å². The normalized spacial score (nSPS) is 13.0. The number of anilines is 2. The first-order valence-corrected chi connectivity index (χ1v) is 9.71. The molecule has 9 heteroatoms. The van der Waals surface area contributed by atoms with Crippen molar-refractivity contribution in [3.63, 3.8) is 0 Å². The summed E-state index contributed by atoms with van der Waals surface area (Å²) in [6, 6.07) is 11.1. The largest absolute Gasteiger partial charge is 0.492 e. The predicted molar refractivity (Wildman–Crippen MR) is 111 cm³/mol. The number of rotatable bonds is 8. The zero-order valence-corrected chi connectivity index (χ0v) is 16.6. The van der Waals surface area contributed by atoms with Crippen LogP contribution in [0.5, 0.6) is 5.75 Å². The standard InChI is InChI=1S/C21H23N3O6/c1-2-29-19-8-4-3-7-16(19)22-20(25)14-30-21(26)15-9-10-17(18(13-15)24(27)28)23-11-5-6-12-23/h3-4,7-10,13H,2,5-6,11-12,14H2,1H3,(H,22,25). The molecule has 1 aliphatic rings. The van der Waals surface area contributed by atoms with Gasteiger partial charge in [0.15, 0.2) is 6.61 Å². The Morgan fingerprint density at radius 1 is 1.17 bits per heavy atom. The van der Waals surface area contributed by atoms with Crippen LogP contribution in [-0.4, -0.2) is 43.1 Å². The van der Waals surface area contributed by atoms with Crippen molar-refractivity contribution in [1.82, 2.24) is 0 Å². The zero-order valence-electron chi connectivity index (χ0n) is 16.6. The molecule has 30 heavy (non-hydrogen) atoms. The minimum Gasteiger partial charge on any atom is -0.492 e. The number of nitro benzene ring substituents is 1. The monoisotopic (exact) mass is 413 g/mol. The molecule has 1 N–H and O–H groups in total.